The van der Waals surface area contributed by atoms with Gasteiger partial charge in [-0.25, -0.2) is 0 Å². The van der Waals surface area contributed by atoms with Crippen molar-refractivity contribution in [3.8, 4) is 0 Å². The Labute approximate surface area is 109 Å². The Morgan fingerprint density at radius 1 is 1.43 bits per heavy atom. The third kappa shape index (κ3) is 15.3. The van der Waals surface area contributed by atoms with Gasteiger partial charge in [0.2, 0.25) is 0 Å². The van der Waals surface area contributed by atoms with Crippen LogP contribution in [0.2, 0.25) is 0 Å². The average molecular weight is 238 g/mol. The summed E-state index contributed by atoms with van der Waals surface area (Å²) in [7, 11) is -3.99. The second-order valence-electron chi connectivity index (χ2n) is 2.12. The van der Waals surface area contributed by atoms with Crippen LogP contribution in [0.4, 0.5) is 0 Å². The van der Waals surface area contributed by atoms with Crippen molar-refractivity contribution < 1.29 is 48.7 Å². The predicted octanol–water partition coefficient (Wildman–Crippen LogP) is -3.72. The normalized spacial score (nSPS) is 12.1. The van der Waals surface area contributed by atoms with E-state index >= 15 is 0 Å². The van der Waals surface area contributed by atoms with Crippen LogP contribution in [0.3, 0.4) is 0 Å². The minimum absolute atomic E-state index is 0. The van der Waals surface area contributed by atoms with E-state index in [1.165, 1.54) is 6.92 Å². The first-order chi connectivity index (χ1) is 5.90. The molecular weight excluding hydrogens is 219 g/mol. The fourth-order valence-corrected chi connectivity index (χ4v) is 0.629. The molecule has 0 aromatic heterocycles. The van der Waals surface area contributed by atoms with E-state index in [1.807, 2.05) is 0 Å². The summed E-state index contributed by atoms with van der Waals surface area (Å²) in [4.78, 5) is 0. The SMILES string of the molecule is CCOC(C)S(=O)(=O)O.NCCN.[H-].[Na+]. The van der Waals surface area contributed by atoms with Crippen LogP contribution in [-0.4, -0.2) is 38.1 Å². The first-order valence-electron chi connectivity index (χ1n) is 3.88. The molecule has 0 bridgehead atoms. The maximum atomic E-state index is 10.2. The van der Waals surface area contributed by atoms with Gasteiger partial charge >= 0.3 is 29.6 Å². The summed E-state index contributed by atoms with van der Waals surface area (Å²) < 4.78 is 33.1. The van der Waals surface area contributed by atoms with Crippen LogP contribution in [0.1, 0.15) is 15.3 Å². The van der Waals surface area contributed by atoms with E-state index in [0.717, 1.165) is 0 Å². The molecule has 0 fully saturated rings. The van der Waals surface area contributed by atoms with E-state index < -0.39 is 15.6 Å². The first kappa shape index (κ1) is 20.2. The molecule has 0 heterocycles. The van der Waals surface area contributed by atoms with E-state index in [-0.39, 0.29) is 37.6 Å². The zero-order chi connectivity index (χ0) is 10.9. The Morgan fingerprint density at radius 2 is 1.79 bits per heavy atom. The van der Waals surface area contributed by atoms with Gasteiger partial charge in [-0.2, -0.15) is 8.42 Å². The molecule has 1 unspecified atom stereocenters. The molecule has 84 valence electrons. The largest absolute Gasteiger partial charge is 1.00 e. The van der Waals surface area contributed by atoms with Crippen LogP contribution >= 0.6 is 0 Å². The van der Waals surface area contributed by atoms with Crippen molar-refractivity contribution in [2.45, 2.75) is 19.3 Å². The van der Waals surface area contributed by atoms with Gasteiger partial charge in [0.25, 0.3) is 10.1 Å². The summed E-state index contributed by atoms with van der Waals surface area (Å²) in [5.41, 5.74) is 8.70. The maximum Gasteiger partial charge on any atom is 1.00 e. The van der Waals surface area contributed by atoms with Gasteiger partial charge in [-0.15, -0.1) is 0 Å². The molecule has 0 aliphatic rings. The summed E-state index contributed by atoms with van der Waals surface area (Å²) in [6.07, 6.45) is 0. The fourth-order valence-electron chi connectivity index (χ4n) is 0.321. The number of hydrogen-bond acceptors (Lipinski definition) is 5. The molecule has 0 spiro atoms. The third-order valence-corrected chi connectivity index (χ3v) is 1.96. The summed E-state index contributed by atoms with van der Waals surface area (Å²) in [5, 5.41) is 0. The fraction of sp³-hybridized carbons (Fsp3) is 1.00. The number of ether oxygens (including phenoxy) is 1. The molecule has 0 radical (unpaired) electrons. The Balaban J connectivity index is -0.0000000883. The molecule has 14 heavy (non-hydrogen) atoms. The standard InChI is InChI=1S/C4H10O4S.C2H8N2.Na.H/c1-3-8-4(2)9(5,6)7;3-1-2-4;;/h4H,3H2,1-2H3,(H,5,6,7);1-4H2;;/q;;+1;-1. The van der Waals surface area contributed by atoms with E-state index in [2.05, 4.69) is 4.74 Å². The average Bonchev–Trinajstić information content (AvgIpc) is 2.04. The molecule has 0 aliphatic heterocycles. The van der Waals surface area contributed by atoms with Gasteiger partial charge in [0.1, 0.15) is 0 Å². The predicted molar refractivity (Wildman–Crippen MR) is 51.9 cm³/mol. The van der Waals surface area contributed by atoms with Crippen molar-refractivity contribution in [1.82, 2.24) is 0 Å². The molecule has 0 saturated heterocycles. The van der Waals surface area contributed by atoms with Crippen molar-refractivity contribution in [3.05, 3.63) is 0 Å². The Kier molecular flexibility index (Phi) is 17.1. The van der Waals surface area contributed by atoms with E-state index in [0.29, 0.717) is 13.1 Å². The number of hydrogen-bond donors (Lipinski definition) is 3. The van der Waals surface area contributed by atoms with Gasteiger partial charge in [-0.1, -0.05) is 0 Å². The number of nitrogens with two attached hydrogens (primary N) is 2. The molecule has 0 aromatic rings. The Bertz CT molecular complexity index is 201. The number of rotatable bonds is 4. The van der Waals surface area contributed by atoms with Crippen molar-refractivity contribution >= 4 is 10.1 Å². The minimum atomic E-state index is -3.99. The summed E-state index contributed by atoms with van der Waals surface area (Å²) in [5.74, 6) is 0. The van der Waals surface area contributed by atoms with Crippen LogP contribution in [0.5, 0.6) is 0 Å². The van der Waals surface area contributed by atoms with Crippen LogP contribution in [0.15, 0.2) is 0 Å². The van der Waals surface area contributed by atoms with Crippen molar-refractivity contribution in [2.75, 3.05) is 19.7 Å². The zero-order valence-corrected chi connectivity index (χ0v) is 11.8. The van der Waals surface area contributed by atoms with Crippen molar-refractivity contribution in [1.29, 1.82) is 0 Å². The first-order valence-corrected chi connectivity index (χ1v) is 5.38. The molecule has 0 aliphatic carbocycles. The topological polar surface area (TPSA) is 116 Å². The van der Waals surface area contributed by atoms with Crippen molar-refractivity contribution in [2.24, 2.45) is 11.5 Å². The van der Waals surface area contributed by atoms with E-state index in [4.69, 9.17) is 16.0 Å². The smallest absolute Gasteiger partial charge is 1.00 e. The van der Waals surface area contributed by atoms with Gasteiger partial charge < -0.3 is 17.6 Å². The molecule has 8 heteroatoms. The second kappa shape index (κ2) is 11.9. The molecular formula is C6H19N2NaO4S. The van der Waals surface area contributed by atoms with Gasteiger partial charge in [-0.3, -0.25) is 4.55 Å². The van der Waals surface area contributed by atoms with Crippen LogP contribution < -0.4 is 41.0 Å². The maximum absolute atomic E-state index is 10.2. The Morgan fingerprint density at radius 3 is 1.86 bits per heavy atom. The summed E-state index contributed by atoms with van der Waals surface area (Å²) in [6, 6.07) is 0. The van der Waals surface area contributed by atoms with Crippen molar-refractivity contribution in [3.63, 3.8) is 0 Å². The van der Waals surface area contributed by atoms with E-state index in [1.54, 1.807) is 6.92 Å². The Hall–Kier alpha value is 0.790. The summed E-state index contributed by atoms with van der Waals surface area (Å²) in [6.45, 7) is 4.40. The van der Waals surface area contributed by atoms with Gasteiger partial charge in [0.05, 0.1) is 0 Å². The summed E-state index contributed by atoms with van der Waals surface area (Å²) >= 11 is 0. The van der Waals surface area contributed by atoms with Gasteiger partial charge in [0.15, 0.2) is 5.44 Å². The van der Waals surface area contributed by atoms with Crippen LogP contribution in [0.25, 0.3) is 0 Å². The van der Waals surface area contributed by atoms with Crippen LogP contribution in [-0.2, 0) is 14.9 Å². The molecule has 1 atom stereocenters. The monoisotopic (exact) mass is 238 g/mol. The molecule has 5 N–H and O–H groups in total. The molecule has 6 nitrogen and oxygen atoms in total. The zero-order valence-electron chi connectivity index (χ0n) is 9.93. The molecule has 0 saturated carbocycles. The minimum Gasteiger partial charge on any atom is -1.00 e. The quantitative estimate of drug-likeness (QED) is 0.342. The van der Waals surface area contributed by atoms with E-state index in [9.17, 15) is 8.42 Å². The van der Waals surface area contributed by atoms with Gasteiger partial charge in [0, 0.05) is 19.7 Å². The third-order valence-electron chi connectivity index (χ3n) is 0.988. The molecule has 0 amide bonds. The second-order valence-corrected chi connectivity index (χ2v) is 3.81. The molecule has 0 rings (SSSR count). The van der Waals surface area contributed by atoms with Gasteiger partial charge in [-0.05, 0) is 13.8 Å². The molecule has 0 aromatic carbocycles. The van der Waals surface area contributed by atoms with Crippen LogP contribution in [0, 0.1) is 0 Å².